The Kier molecular flexibility index (Phi) is 4.29. The number of aromatic nitrogens is 2. The van der Waals surface area contributed by atoms with E-state index in [1.165, 1.54) is 32.4 Å². The molecule has 1 aliphatic heterocycles. The molecule has 0 aromatic carbocycles. The van der Waals surface area contributed by atoms with Crippen LogP contribution in [-0.2, 0) is 0 Å². The van der Waals surface area contributed by atoms with E-state index in [0.29, 0.717) is 5.92 Å². The maximum absolute atomic E-state index is 4.80. The van der Waals surface area contributed by atoms with Crippen molar-refractivity contribution in [2.24, 2.45) is 5.92 Å². The minimum atomic E-state index is 0.591. The van der Waals surface area contributed by atoms with E-state index in [4.69, 9.17) is 4.98 Å². The van der Waals surface area contributed by atoms with E-state index in [1.54, 1.807) is 0 Å². The second-order valence-electron chi connectivity index (χ2n) is 6.57. The van der Waals surface area contributed by atoms with E-state index in [1.807, 2.05) is 0 Å². The van der Waals surface area contributed by atoms with E-state index < -0.39 is 0 Å². The van der Waals surface area contributed by atoms with Crippen LogP contribution in [0.4, 0.5) is 11.6 Å². The Morgan fingerprint density at radius 1 is 1.33 bits per heavy atom. The largest absolute Gasteiger partial charge is 0.370 e. The van der Waals surface area contributed by atoms with Crippen LogP contribution < -0.4 is 10.2 Å². The smallest absolute Gasteiger partial charge is 0.136 e. The van der Waals surface area contributed by atoms with Gasteiger partial charge >= 0.3 is 0 Å². The van der Waals surface area contributed by atoms with Crippen LogP contribution in [-0.4, -0.2) is 55.1 Å². The fourth-order valence-corrected chi connectivity index (χ4v) is 3.10. The molecule has 1 unspecified atom stereocenters. The maximum atomic E-state index is 4.80. The van der Waals surface area contributed by atoms with Crippen LogP contribution in [0.1, 0.15) is 37.9 Å². The van der Waals surface area contributed by atoms with Crippen LogP contribution in [0.2, 0.25) is 0 Å². The summed E-state index contributed by atoms with van der Waals surface area (Å²) in [7, 11) is 4.37. The Labute approximate surface area is 127 Å². The van der Waals surface area contributed by atoms with E-state index in [-0.39, 0.29) is 0 Å². The predicted octanol–water partition coefficient (Wildman–Crippen LogP) is 2.17. The lowest BCUT2D eigenvalue weighted by molar-refractivity contribution is 0.395. The molecule has 1 aromatic heterocycles. The summed E-state index contributed by atoms with van der Waals surface area (Å²) in [6, 6.07) is 2.09. The summed E-state index contributed by atoms with van der Waals surface area (Å²) in [4.78, 5) is 14.2. The molecule has 1 aliphatic carbocycles. The van der Waals surface area contributed by atoms with Crippen molar-refractivity contribution >= 4 is 11.6 Å². The number of likely N-dealkylation sites (tertiary alicyclic amines) is 1. The Morgan fingerprint density at radius 2 is 2.14 bits per heavy atom. The molecule has 0 spiro atoms. The molecule has 1 saturated carbocycles. The second kappa shape index (κ2) is 6.18. The molecule has 1 aromatic rings. The Bertz CT molecular complexity index is 486. The fraction of sp³-hybridized carbons (Fsp3) is 0.750. The van der Waals surface area contributed by atoms with Gasteiger partial charge in [-0.2, -0.15) is 0 Å². The highest BCUT2D eigenvalue weighted by atomic mass is 15.2. The molecule has 1 atom stereocenters. The zero-order valence-corrected chi connectivity index (χ0v) is 13.5. The van der Waals surface area contributed by atoms with Gasteiger partial charge in [-0.3, -0.25) is 0 Å². The fourth-order valence-electron chi connectivity index (χ4n) is 3.10. The van der Waals surface area contributed by atoms with E-state index in [0.717, 1.165) is 36.5 Å². The normalized spacial score (nSPS) is 22.5. The van der Waals surface area contributed by atoms with Crippen LogP contribution >= 0.6 is 0 Å². The number of hydrogen-bond acceptors (Lipinski definition) is 5. The van der Waals surface area contributed by atoms with Crippen molar-refractivity contribution in [3.05, 3.63) is 11.9 Å². The van der Waals surface area contributed by atoms with Gasteiger partial charge in [0.2, 0.25) is 0 Å². The predicted molar refractivity (Wildman–Crippen MR) is 87.0 cm³/mol. The molecule has 3 rings (SSSR count). The number of rotatable bonds is 6. The summed E-state index contributed by atoms with van der Waals surface area (Å²) in [5, 5.41) is 3.34. The Balaban J connectivity index is 1.72. The van der Waals surface area contributed by atoms with Crippen molar-refractivity contribution in [3.8, 4) is 0 Å². The van der Waals surface area contributed by atoms with Gasteiger partial charge in [-0.15, -0.1) is 0 Å². The van der Waals surface area contributed by atoms with Crippen molar-refractivity contribution < 1.29 is 0 Å². The van der Waals surface area contributed by atoms with Crippen molar-refractivity contribution in [1.29, 1.82) is 0 Å². The van der Waals surface area contributed by atoms with Crippen LogP contribution in [0.3, 0.4) is 0 Å². The van der Waals surface area contributed by atoms with Crippen LogP contribution in [0.15, 0.2) is 6.07 Å². The number of hydrogen-bond donors (Lipinski definition) is 1. The zero-order chi connectivity index (χ0) is 14.8. The van der Waals surface area contributed by atoms with Crippen LogP contribution in [0.5, 0.6) is 0 Å². The number of nitrogens with one attached hydrogen (secondary N) is 1. The van der Waals surface area contributed by atoms with Crippen LogP contribution in [0, 0.1) is 5.92 Å². The summed E-state index contributed by atoms with van der Waals surface area (Å²) in [5.41, 5.74) is 0. The molecule has 0 bridgehead atoms. The molecule has 1 saturated heterocycles. The summed E-state index contributed by atoms with van der Waals surface area (Å²) < 4.78 is 0. The summed E-state index contributed by atoms with van der Waals surface area (Å²) in [5.74, 6) is 4.41. The first-order valence-corrected chi connectivity index (χ1v) is 8.18. The lowest BCUT2D eigenvalue weighted by Crippen LogP contribution is -2.28. The highest BCUT2D eigenvalue weighted by Gasteiger charge is 2.28. The van der Waals surface area contributed by atoms with Gasteiger partial charge in [0.05, 0.1) is 0 Å². The second-order valence-corrected chi connectivity index (χ2v) is 6.57. The monoisotopic (exact) mass is 289 g/mol. The molecule has 5 nitrogen and oxygen atoms in total. The third kappa shape index (κ3) is 3.64. The lowest BCUT2D eigenvalue weighted by atomic mass is 10.1. The highest BCUT2D eigenvalue weighted by molar-refractivity contribution is 5.49. The van der Waals surface area contributed by atoms with Gasteiger partial charge in [-0.1, -0.05) is 0 Å². The molecule has 5 heteroatoms. The third-order valence-electron chi connectivity index (χ3n) is 4.44. The first kappa shape index (κ1) is 14.6. The average Bonchev–Trinajstić information content (AvgIpc) is 3.23. The van der Waals surface area contributed by atoms with E-state index in [2.05, 4.69) is 47.2 Å². The molecule has 2 fully saturated rings. The zero-order valence-electron chi connectivity index (χ0n) is 13.5. The van der Waals surface area contributed by atoms with Gasteiger partial charge < -0.3 is 15.1 Å². The molecule has 2 aliphatic rings. The summed E-state index contributed by atoms with van der Waals surface area (Å²) in [6.07, 6.45) is 3.78. The molecule has 0 radical (unpaired) electrons. The Morgan fingerprint density at radius 3 is 2.76 bits per heavy atom. The van der Waals surface area contributed by atoms with Gasteiger partial charge in [0.1, 0.15) is 17.5 Å². The molecule has 1 N–H and O–H groups in total. The Hall–Kier alpha value is -1.36. The average molecular weight is 289 g/mol. The van der Waals surface area contributed by atoms with Gasteiger partial charge in [0, 0.05) is 38.7 Å². The molecule has 0 amide bonds. The molecular weight excluding hydrogens is 262 g/mol. The molecule has 2 heterocycles. The van der Waals surface area contributed by atoms with Crippen LogP contribution in [0.25, 0.3) is 0 Å². The van der Waals surface area contributed by atoms with Crippen molar-refractivity contribution in [2.45, 2.75) is 32.1 Å². The SMILES string of the molecule is CCNc1cc(N(C)CC2CCN(C)C2)nc(C2CC2)n1. The molecule has 21 heavy (non-hydrogen) atoms. The minimum absolute atomic E-state index is 0.591. The number of nitrogens with zero attached hydrogens (tertiary/aromatic N) is 4. The van der Waals surface area contributed by atoms with E-state index >= 15 is 0 Å². The van der Waals surface area contributed by atoms with Gasteiger partial charge in [0.25, 0.3) is 0 Å². The van der Waals surface area contributed by atoms with Crippen molar-refractivity contribution in [2.75, 3.05) is 50.5 Å². The first-order valence-electron chi connectivity index (χ1n) is 8.18. The standard InChI is InChI=1S/C16H27N5/c1-4-17-14-9-15(19-16(18-14)13-5-6-13)21(3)11-12-7-8-20(2)10-12/h9,12-13H,4-8,10-11H2,1-3H3,(H,17,18,19). The topological polar surface area (TPSA) is 44.3 Å². The number of anilines is 2. The third-order valence-corrected chi connectivity index (χ3v) is 4.44. The van der Waals surface area contributed by atoms with E-state index in [9.17, 15) is 0 Å². The van der Waals surface area contributed by atoms with Gasteiger partial charge in [-0.05, 0) is 45.7 Å². The van der Waals surface area contributed by atoms with Crippen molar-refractivity contribution in [1.82, 2.24) is 14.9 Å². The molecule has 116 valence electrons. The lowest BCUT2D eigenvalue weighted by Gasteiger charge is -2.23. The first-order chi connectivity index (χ1) is 10.2. The quantitative estimate of drug-likeness (QED) is 0.869. The summed E-state index contributed by atoms with van der Waals surface area (Å²) >= 11 is 0. The van der Waals surface area contributed by atoms with Crippen molar-refractivity contribution in [3.63, 3.8) is 0 Å². The maximum Gasteiger partial charge on any atom is 0.136 e. The van der Waals surface area contributed by atoms with Gasteiger partial charge in [-0.25, -0.2) is 9.97 Å². The molecular formula is C16H27N5. The van der Waals surface area contributed by atoms with Gasteiger partial charge in [0.15, 0.2) is 0 Å². The highest BCUT2D eigenvalue weighted by Crippen LogP contribution is 2.39. The minimum Gasteiger partial charge on any atom is -0.370 e. The summed E-state index contributed by atoms with van der Waals surface area (Å²) in [6.45, 7) is 6.51.